The summed E-state index contributed by atoms with van der Waals surface area (Å²) in [5.41, 5.74) is 0.494. The van der Waals surface area contributed by atoms with Crippen molar-refractivity contribution in [1.82, 2.24) is 9.88 Å². The first-order valence-electron chi connectivity index (χ1n) is 10.1. The van der Waals surface area contributed by atoms with Gasteiger partial charge < -0.3 is 19.6 Å². The highest BCUT2D eigenvalue weighted by Crippen LogP contribution is 2.35. The quantitative estimate of drug-likeness (QED) is 0.604. The Morgan fingerprint density at radius 1 is 1.35 bits per heavy atom. The largest absolute Gasteiger partial charge is 0.465 e. The van der Waals surface area contributed by atoms with Crippen LogP contribution in [0.2, 0.25) is 5.02 Å². The van der Waals surface area contributed by atoms with E-state index in [2.05, 4.69) is 4.98 Å². The zero-order valence-electron chi connectivity index (χ0n) is 18.9. The number of thiazole rings is 1. The zero-order chi connectivity index (χ0) is 25.4. The van der Waals surface area contributed by atoms with Gasteiger partial charge in [-0.1, -0.05) is 11.6 Å². The van der Waals surface area contributed by atoms with Crippen LogP contribution in [-0.4, -0.2) is 67.4 Å². The van der Waals surface area contributed by atoms with Crippen LogP contribution in [0.4, 0.5) is 25.5 Å². The van der Waals surface area contributed by atoms with Gasteiger partial charge in [-0.25, -0.2) is 27.4 Å². The summed E-state index contributed by atoms with van der Waals surface area (Å²) in [5, 5.41) is 10.4. The third-order valence-corrected chi connectivity index (χ3v) is 7.63. The minimum absolute atomic E-state index is 0.0846. The Hall–Kier alpha value is -2.64. The molecule has 10 nitrogen and oxygen atoms in total. The van der Waals surface area contributed by atoms with Crippen molar-refractivity contribution in [2.24, 2.45) is 0 Å². The lowest BCUT2D eigenvalue weighted by Gasteiger charge is -2.28. The van der Waals surface area contributed by atoms with Crippen LogP contribution in [0.5, 0.6) is 0 Å². The molecule has 1 aromatic heterocycles. The van der Waals surface area contributed by atoms with Crippen LogP contribution in [0.15, 0.2) is 27.9 Å². The molecule has 1 aromatic carbocycles. The molecular weight excluding hydrogens is 511 g/mol. The van der Waals surface area contributed by atoms with Gasteiger partial charge in [0.25, 0.3) is 10.0 Å². The first kappa shape index (κ1) is 26.0. The van der Waals surface area contributed by atoms with E-state index in [4.69, 9.17) is 21.4 Å². The van der Waals surface area contributed by atoms with Gasteiger partial charge in [0.1, 0.15) is 16.3 Å². The van der Waals surface area contributed by atoms with Crippen LogP contribution >= 0.6 is 22.9 Å². The highest BCUT2D eigenvalue weighted by Gasteiger charge is 2.38. The Kier molecular flexibility index (Phi) is 7.29. The maximum absolute atomic E-state index is 15.2. The summed E-state index contributed by atoms with van der Waals surface area (Å²) in [7, 11) is -3.17. The second kappa shape index (κ2) is 9.55. The summed E-state index contributed by atoms with van der Waals surface area (Å²) in [6.45, 7) is 5.20. The number of carboxylic acid groups (broad SMARTS) is 1. The Labute approximate surface area is 205 Å². The highest BCUT2D eigenvalue weighted by molar-refractivity contribution is 7.93. The average Bonchev–Trinajstić information content (AvgIpc) is 3.39. The van der Waals surface area contributed by atoms with Crippen LogP contribution < -0.4 is 9.21 Å². The van der Waals surface area contributed by atoms with E-state index in [1.54, 1.807) is 32.7 Å². The molecule has 1 N–H and O–H groups in total. The van der Waals surface area contributed by atoms with Gasteiger partial charge in [0.2, 0.25) is 0 Å². The minimum Gasteiger partial charge on any atom is -0.465 e. The maximum Gasteiger partial charge on any atom is 0.430 e. The molecule has 0 saturated carbocycles. The van der Waals surface area contributed by atoms with Crippen LogP contribution in [0, 0.1) is 5.82 Å². The highest BCUT2D eigenvalue weighted by atomic mass is 35.5. The number of carbonyl (C=O) groups is 2. The van der Waals surface area contributed by atoms with Crippen molar-refractivity contribution in [3.63, 3.8) is 0 Å². The number of anilines is 2. The molecular formula is C20H24ClFN4O6S2. The molecule has 1 fully saturated rings. The Bertz CT molecular complexity index is 1190. The summed E-state index contributed by atoms with van der Waals surface area (Å²) < 4.78 is 47.5. The molecule has 14 heteroatoms. The number of likely N-dealkylation sites (N-methyl/N-ethyl adjacent to an activating group) is 1. The SMILES string of the molecule is CN(c1cc(F)c(S(=O)(=O)N(C(=O)OC(C)(C)C)c2cscn2)cc1Cl)C1CCN(C(=O)O)C1. The Balaban J connectivity index is 1.98. The normalized spacial score (nSPS) is 16.4. The number of likely N-dealkylation sites (tertiary alicyclic amines) is 1. The fraction of sp³-hybridized carbons (Fsp3) is 0.450. The molecule has 2 heterocycles. The van der Waals surface area contributed by atoms with Crippen molar-refractivity contribution < 1.29 is 32.2 Å². The molecule has 3 rings (SSSR count). The first-order valence-corrected chi connectivity index (χ1v) is 12.8. The lowest BCUT2D eigenvalue weighted by Crippen LogP contribution is -2.41. The van der Waals surface area contributed by atoms with Crippen LogP contribution in [-0.2, 0) is 14.8 Å². The summed E-state index contributed by atoms with van der Waals surface area (Å²) in [6.07, 6.45) is -1.80. The molecule has 0 aliphatic carbocycles. The van der Waals surface area contributed by atoms with E-state index in [1.807, 2.05) is 0 Å². The molecule has 1 atom stereocenters. The maximum atomic E-state index is 15.2. The fourth-order valence-electron chi connectivity index (χ4n) is 3.44. The number of ether oxygens (including phenoxy) is 1. The minimum atomic E-state index is -4.79. The Morgan fingerprint density at radius 2 is 2.03 bits per heavy atom. The van der Waals surface area contributed by atoms with Gasteiger partial charge in [0.05, 0.1) is 16.2 Å². The van der Waals surface area contributed by atoms with E-state index < -0.39 is 38.5 Å². The van der Waals surface area contributed by atoms with Crippen molar-refractivity contribution in [3.05, 3.63) is 33.9 Å². The Morgan fingerprint density at radius 3 is 2.56 bits per heavy atom. The van der Waals surface area contributed by atoms with Crippen molar-refractivity contribution in [1.29, 1.82) is 0 Å². The molecule has 186 valence electrons. The van der Waals surface area contributed by atoms with E-state index in [0.29, 0.717) is 17.3 Å². The van der Waals surface area contributed by atoms with Gasteiger partial charge in [0, 0.05) is 37.6 Å². The van der Waals surface area contributed by atoms with E-state index in [-0.39, 0.29) is 29.1 Å². The number of nitrogens with zero attached hydrogens (tertiary/aromatic N) is 4. The molecule has 0 radical (unpaired) electrons. The number of hydrogen-bond donors (Lipinski definition) is 1. The number of rotatable bonds is 5. The summed E-state index contributed by atoms with van der Waals surface area (Å²) in [4.78, 5) is 29.9. The van der Waals surface area contributed by atoms with Crippen molar-refractivity contribution in [3.8, 4) is 0 Å². The van der Waals surface area contributed by atoms with E-state index in [0.717, 1.165) is 23.5 Å². The van der Waals surface area contributed by atoms with Crippen LogP contribution in [0.3, 0.4) is 0 Å². The second-order valence-corrected chi connectivity index (χ2v) is 11.5. The third-order valence-electron chi connectivity index (χ3n) is 5.07. The van der Waals surface area contributed by atoms with Crippen molar-refractivity contribution in [2.75, 3.05) is 29.3 Å². The zero-order valence-corrected chi connectivity index (χ0v) is 21.2. The lowest BCUT2D eigenvalue weighted by molar-refractivity contribution is 0.0608. The van der Waals surface area contributed by atoms with Gasteiger partial charge >= 0.3 is 12.2 Å². The molecule has 1 saturated heterocycles. The molecule has 0 bridgehead atoms. The number of benzene rings is 1. The van der Waals surface area contributed by atoms with Gasteiger partial charge in [-0.05, 0) is 33.3 Å². The van der Waals surface area contributed by atoms with Crippen LogP contribution in [0.1, 0.15) is 27.2 Å². The smallest absolute Gasteiger partial charge is 0.430 e. The lowest BCUT2D eigenvalue weighted by atomic mass is 10.2. The number of aromatic nitrogens is 1. The topological polar surface area (TPSA) is 120 Å². The predicted molar refractivity (Wildman–Crippen MR) is 126 cm³/mol. The van der Waals surface area contributed by atoms with E-state index in [9.17, 15) is 18.0 Å². The number of sulfonamides is 1. The molecule has 1 aliphatic rings. The molecule has 2 aromatic rings. The number of hydrogen-bond acceptors (Lipinski definition) is 8. The van der Waals surface area contributed by atoms with Gasteiger partial charge in [-0.15, -0.1) is 15.6 Å². The molecule has 1 aliphatic heterocycles. The first-order chi connectivity index (χ1) is 15.7. The predicted octanol–water partition coefficient (Wildman–Crippen LogP) is 4.25. The van der Waals surface area contributed by atoms with Gasteiger partial charge in [-0.2, -0.15) is 0 Å². The van der Waals surface area contributed by atoms with E-state index in [1.165, 1.54) is 15.8 Å². The number of amides is 2. The van der Waals surface area contributed by atoms with E-state index >= 15 is 4.39 Å². The van der Waals surface area contributed by atoms with Crippen molar-refractivity contribution >= 4 is 56.7 Å². The molecule has 0 spiro atoms. The monoisotopic (exact) mass is 534 g/mol. The second-order valence-electron chi connectivity index (χ2n) is 8.61. The number of carbonyl (C=O) groups excluding carboxylic acids is 1. The third kappa shape index (κ3) is 5.36. The molecule has 2 amide bonds. The average molecular weight is 535 g/mol. The summed E-state index contributed by atoms with van der Waals surface area (Å²) in [6, 6.07) is 1.60. The standard InChI is InChI=1S/C20H24ClFN4O6S2/c1-20(2,3)32-19(29)26(17-10-33-11-23-17)34(30,31)16-7-13(21)15(8-14(16)22)24(4)12-5-6-25(9-12)18(27)28/h7-8,10-12H,5-6,9H2,1-4H3,(H,27,28). The fourth-order valence-corrected chi connectivity index (χ4v) is 5.73. The van der Waals surface area contributed by atoms with Gasteiger partial charge in [0.15, 0.2) is 5.82 Å². The summed E-state index contributed by atoms with van der Waals surface area (Å²) >= 11 is 7.39. The number of halogens is 2. The molecule has 34 heavy (non-hydrogen) atoms. The van der Waals surface area contributed by atoms with Gasteiger partial charge in [-0.3, -0.25) is 0 Å². The van der Waals surface area contributed by atoms with Crippen molar-refractivity contribution in [2.45, 2.75) is 43.7 Å². The molecule has 1 unspecified atom stereocenters. The summed E-state index contributed by atoms with van der Waals surface area (Å²) in [5.74, 6) is -1.38. The van der Waals surface area contributed by atoms with Crippen LogP contribution in [0.25, 0.3) is 0 Å².